The summed E-state index contributed by atoms with van der Waals surface area (Å²) in [5.74, 6) is -4.26. The third kappa shape index (κ3) is 5.29. The number of piperidine rings is 2. The van der Waals surface area contributed by atoms with Crippen LogP contribution in [0.4, 0.5) is 23.4 Å². The number of piperazine rings is 1. The Labute approximate surface area is 281 Å². The molecule has 4 bridgehead atoms. The highest BCUT2D eigenvalue weighted by Crippen LogP contribution is 2.50. The van der Waals surface area contributed by atoms with Gasteiger partial charge in [-0.1, -0.05) is 6.07 Å². The standard InChI is InChI=1S/C37H39F4N5O3/c1-36(48)13-23-6-3-20(36)14-46(23)17-37(8-9-37)18-49-35-43-33-26(34(44-35)45-15-21-4-5-22(16-45)42-21)12-28(39)30(32(33)41)25-11-24(47)10-19-2-7-27(38)31(40)29(19)25/h2,7,10-12,20-23,42,47-48H,3-6,8-9,13-18H2,1H3. The molecule has 6 fully saturated rings. The maximum absolute atomic E-state index is 16.8. The van der Waals surface area contributed by atoms with Gasteiger partial charge in [-0.3, -0.25) is 4.90 Å². The topological polar surface area (TPSA) is 94.0 Å². The van der Waals surface area contributed by atoms with Gasteiger partial charge >= 0.3 is 6.01 Å². The molecule has 5 unspecified atom stereocenters. The number of fused-ring (bicyclic) bond motifs is 7. The summed E-state index contributed by atoms with van der Waals surface area (Å²) in [6.07, 6.45) is 6.79. The average Bonchev–Trinajstić information content (AvgIpc) is 3.75. The molecule has 12 heteroatoms. The third-order valence-electron chi connectivity index (χ3n) is 12.0. The number of rotatable bonds is 7. The van der Waals surface area contributed by atoms with Gasteiger partial charge in [0.25, 0.3) is 0 Å². The van der Waals surface area contributed by atoms with Crippen LogP contribution in [0, 0.1) is 34.6 Å². The van der Waals surface area contributed by atoms with E-state index in [9.17, 15) is 14.6 Å². The van der Waals surface area contributed by atoms with E-state index in [1.54, 1.807) is 0 Å². The van der Waals surface area contributed by atoms with Crippen LogP contribution in [0.15, 0.2) is 30.3 Å². The summed E-state index contributed by atoms with van der Waals surface area (Å²) in [5.41, 5.74) is -1.87. The Balaban J connectivity index is 1.11. The van der Waals surface area contributed by atoms with Crippen molar-refractivity contribution in [3.8, 4) is 22.9 Å². The quantitative estimate of drug-likeness (QED) is 0.204. The summed E-state index contributed by atoms with van der Waals surface area (Å²) >= 11 is 0. The lowest BCUT2D eigenvalue weighted by molar-refractivity contribution is -0.120. The highest BCUT2D eigenvalue weighted by molar-refractivity contribution is 6.02. The van der Waals surface area contributed by atoms with Crippen molar-refractivity contribution in [2.24, 2.45) is 11.3 Å². The maximum Gasteiger partial charge on any atom is 0.319 e. The molecule has 8 nitrogen and oxygen atoms in total. The summed E-state index contributed by atoms with van der Waals surface area (Å²) in [6.45, 7) is 5.16. The molecule has 4 aliphatic heterocycles. The van der Waals surface area contributed by atoms with E-state index in [0.29, 0.717) is 31.6 Å². The van der Waals surface area contributed by atoms with E-state index in [1.165, 1.54) is 12.1 Å². The number of aromatic nitrogens is 2. The van der Waals surface area contributed by atoms with E-state index < -0.39 is 34.4 Å². The molecule has 0 spiro atoms. The second-order valence-corrected chi connectivity index (χ2v) is 15.5. The number of phenolic OH excluding ortho intramolecular Hbond substituents is 1. The summed E-state index contributed by atoms with van der Waals surface area (Å²) in [7, 11) is 0. The first kappa shape index (κ1) is 31.3. The number of benzene rings is 3. The zero-order chi connectivity index (χ0) is 33.8. The minimum atomic E-state index is -1.27. The largest absolute Gasteiger partial charge is 0.508 e. The Hall–Kier alpha value is -3.74. The van der Waals surface area contributed by atoms with Crippen LogP contribution < -0.4 is 15.0 Å². The van der Waals surface area contributed by atoms with Gasteiger partial charge in [0.15, 0.2) is 17.5 Å². The number of ether oxygens (including phenoxy) is 1. The lowest BCUT2D eigenvalue weighted by atomic mass is 9.69. The molecule has 0 radical (unpaired) electrons. The fourth-order valence-corrected chi connectivity index (χ4v) is 9.11. The zero-order valence-corrected chi connectivity index (χ0v) is 27.3. The molecule has 3 aromatic carbocycles. The summed E-state index contributed by atoms with van der Waals surface area (Å²) < 4.78 is 68.9. The minimum absolute atomic E-state index is 0.0304. The van der Waals surface area contributed by atoms with Gasteiger partial charge < -0.3 is 25.2 Å². The molecule has 2 saturated carbocycles. The Morgan fingerprint density at radius 2 is 1.71 bits per heavy atom. The Bertz CT molecular complexity index is 1990. The van der Waals surface area contributed by atoms with Gasteiger partial charge in [-0.05, 0) is 81.5 Å². The van der Waals surface area contributed by atoms with Gasteiger partial charge in [0.05, 0.1) is 17.8 Å². The molecule has 10 rings (SSSR count). The smallest absolute Gasteiger partial charge is 0.319 e. The van der Waals surface area contributed by atoms with E-state index in [4.69, 9.17) is 9.72 Å². The average molecular weight is 678 g/mol. The van der Waals surface area contributed by atoms with E-state index in [2.05, 4.69) is 15.2 Å². The molecule has 6 aliphatic rings. The molecule has 5 heterocycles. The van der Waals surface area contributed by atoms with Crippen LogP contribution in [0.5, 0.6) is 11.8 Å². The number of aliphatic hydroxyl groups is 1. The normalized spacial score (nSPS) is 28.9. The van der Waals surface area contributed by atoms with Crippen molar-refractivity contribution in [1.82, 2.24) is 20.2 Å². The Morgan fingerprint density at radius 3 is 2.41 bits per heavy atom. The van der Waals surface area contributed by atoms with Gasteiger partial charge in [0.2, 0.25) is 0 Å². The number of phenols is 1. The SMILES string of the molecule is CC1(O)CC2CCC1CN2CC1(COc2nc(N3CC4CCC(C3)N4)c3cc(F)c(-c4cc(O)cc5ccc(F)c(F)c45)c(F)c3n2)CC1. The Kier molecular flexibility index (Phi) is 7.10. The first-order chi connectivity index (χ1) is 23.5. The second kappa shape index (κ2) is 11.1. The molecule has 0 amide bonds. The molecule has 3 N–H and O–H groups in total. The predicted octanol–water partition coefficient (Wildman–Crippen LogP) is 6.05. The molecular formula is C37H39F4N5O3. The van der Waals surface area contributed by atoms with Crippen LogP contribution in [0.2, 0.25) is 0 Å². The van der Waals surface area contributed by atoms with E-state index in [0.717, 1.165) is 76.2 Å². The highest BCUT2D eigenvalue weighted by Gasteiger charge is 2.52. The number of aromatic hydroxyl groups is 1. The highest BCUT2D eigenvalue weighted by atomic mass is 19.2. The third-order valence-corrected chi connectivity index (χ3v) is 12.0. The van der Waals surface area contributed by atoms with Crippen molar-refractivity contribution in [3.05, 3.63) is 53.6 Å². The van der Waals surface area contributed by atoms with Gasteiger partial charge in [-0.2, -0.15) is 9.97 Å². The van der Waals surface area contributed by atoms with E-state index in [-0.39, 0.29) is 62.4 Å². The molecule has 2 aliphatic carbocycles. The van der Waals surface area contributed by atoms with Crippen molar-refractivity contribution in [1.29, 1.82) is 0 Å². The first-order valence-corrected chi connectivity index (χ1v) is 17.4. The van der Waals surface area contributed by atoms with Crippen LogP contribution in [0.25, 0.3) is 32.8 Å². The first-order valence-electron chi connectivity index (χ1n) is 17.4. The Morgan fingerprint density at radius 1 is 0.939 bits per heavy atom. The lowest BCUT2D eigenvalue weighted by Crippen LogP contribution is -2.60. The molecule has 49 heavy (non-hydrogen) atoms. The van der Waals surface area contributed by atoms with Crippen LogP contribution in [-0.4, -0.2) is 81.6 Å². The van der Waals surface area contributed by atoms with Crippen LogP contribution in [0.1, 0.15) is 51.9 Å². The van der Waals surface area contributed by atoms with Crippen LogP contribution in [0.3, 0.4) is 0 Å². The van der Waals surface area contributed by atoms with Crippen LogP contribution in [-0.2, 0) is 0 Å². The molecular weight excluding hydrogens is 638 g/mol. The fraction of sp³-hybridized carbons (Fsp3) is 0.514. The van der Waals surface area contributed by atoms with Crippen molar-refractivity contribution < 1.29 is 32.5 Å². The number of halogens is 4. The van der Waals surface area contributed by atoms with Gasteiger partial charge in [0.1, 0.15) is 22.9 Å². The molecule has 258 valence electrons. The van der Waals surface area contributed by atoms with Crippen molar-refractivity contribution >= 4 is 27.5 Å². The monoisotopic (exact) mass is 677 g/mol. The number of anilines is 1. The van der Waals surface area contributed by atoms with Crippen LogP contribution >= 0.6 is 0 Å². The molecule has 4 saturated heterocycles. The summed E-state index contributed by atoms with van der Waals surface area (Å²) in [5, 5.41) is 24.8. The van der Waals surface area contributed by atoms with Crippen molar-refractivity contribution in [3.63, 3.8) is 0 Å². The maximum atomic E-state index is 16.8. The number of hydrogen-bond acceptors (Lipinski definition) is 8. The summed E-state index contributed by atoms with van der Waals surface area (Å²) in [6, 6.07) is 6.29. The van der Waals surface area contributed by atoms with Crippen molar-refractivity contribution in [2.75, 3.05) is 37.7 Å². The predicted molar refractivity (Wildman–Crippen MR) is 177 cm³/mol. The van der Waals surface area contributed by atoms with Crippen molar-refractivity contribution in [2.45, 2.75) is 75.6 Å². The van der Waals surface area contributed by atoms with E-state index >= 15 is 13.2 Å². The number of nitrogens with one attached hydrogen (secondary N) is 1. The number of nitrogens with zero attached hydrogens (tertiary/aromatic N) is 4. The molecule has 1 aromatic heterocycles. The van der Waals surface area contributed by atoms with Gasteiger partial charge in [0, 0.05) is 72.0 Å². The van der Waals surface area contributed by atoms with Gasteiger partial charge in [-0.15, -0.1) is 0 Å². The second-order valence-electron chi connectivity index (χ2n) is 15.5. The molecule has 4 aromatic rings. The fourth-order valence-electron chi connectivity index (χ4n) is 9.11. The summed E-state index contributed by atoms with van der Waals surface area (Å²) in [4.78, 5) is 13.8. The number of hydrogen-bond donors (Lipinski definition) is 3. The van der Waals surface area contributed by atoms with Gasteiger partial charge in [-0.25, -0.2) is 17.6 Å². The zero-order valence-electron chi connectivity index (χ0n) is 27.3. The van der Waals surface area contributed by atoms with E-state index in [1.807, 2.05) is 11.8 Å². The minimum Gasteiger partial charge on any atom is -0.508 e. The molecule has 5 atom stereocenters. The lowest BCUT2D eigenvalue weighted by Gasteiger charge is -2.53.